The van der Waals surface area contributed by atoms with Crippen molar-refractivity contribution in [3.05, 3.63) is 10.3 Å². The molecule has 62 valence electrons. The lowest BCUT2D eigenvalue weighted by Crippen LogP contribution is -2.01. The standard InChI is InChI=1S/C6H9ClN2OS/c1-3-4(10-2)5-8-6(7)11-9-5/h4H,3H2,1-2H3. The Balaban J connectivity index is 2.73. The first-order valence-electron chi connectivity index (χ1n) is 3.29. The smallest absolute Gasteiger partial charge is 0.203 e. The summed E-state index contributed by atoms with van der Waals surface area (Å²) in [7, 11) is 1.64. The second-order valence-electron chi connectivity index (χ2n) is 2.04. The summed E-state index contributed by atoms with van der Waals surface area (Å²) in [5, 5.41) is 0. The van der Waals surface area contributed by atoms with E-state index in [4.69, 9.17) is 16.3 Å². The molecule has 0 spiro atoms. The molecule has 0 aliphatic carbocycles. The van der Waals surface area contributed by atoms with Gasteiger partial charge in [-0.25, -0.2) is 4.98 Å². The van der Waals surface area contributed by atoms with Gasteiger partial charge in [0, 0.05) is 7.11 Å². The van der Waals surface area contributed by atoms with Gasteiger partial charge in [0.1, 0.15) is 6.10 Å². The summed E-state index contributed by atoms with van der Waals surface area (Å²) in [4.78, 5) is 4.00. The maximum atomic E-state index is 5.61. The van der Waals surface area contributed by atoms with Crippen molar-refractivity contribution in [2.75, 3.05) is 7.11 Å². The van der Waals surface area contributed by atoms with Gasteiger partial charge in [-0.3, -0.25) is 0 Å². The number of nitrogens with zero attached hydrogens (tertiary/aromatic N) is 2. The fourth-order valence-electron chi connectivity index (χ4n) is 0.801. The predicted octanol–water partition coefficient (Wildman–Crippen LogP) is 2.29. The van der Waals surface area contributed by atoms with E-state index in [0.717, 1.165) is 6.42 Å². The van der Waals surface area contributed by atoms with Gasteiger partial charge in [0.2, 0.25) is 4.47 Å². The minimum atomic E-state index is -0.0150. The molecule has 0 bridgehead atoms. The summed E-state index contributed by atoms with van der Waals surface area (Å²) in [6.45, 7) is 2.02. The molecule has 0 radical (unpaired) electrons. The van der Waals surface area contributed by atoms with Gasteiger partial charge < -0.3 is 4.74 Å². The van der Waals surface area contributed by atoms with Crippen LogP contribution in [0.3, 0.4) is 0 Å². The predicted molar refractivity (Wildman–Crippen MR) is 45.0 cm³/mol. The van der Waals surface area contributed by atoms with Gasteiger partial charge in [-0.2, -0.15) is 4.37 Å². The van der Waals surface area contributed by atoms with E-state index in [0.29, 0.717) is 10.3 Å². The highest BCUT2D eigenvalue weighted by atomic mass is 35.5. The molecule has 1 heterocycles. The molecule has 1 aromatic rings. The zero-order valence-corrected chi connectivity index (χ0v) is 7.95. The van der Waals surface area contributed by atoms with Crippen molar-refractivity contribution in [3.8, 4) is 0 Å². The van der Waals surface area contributed by atoms with E-state index < -0.39 is 0 Å². The van der Waals surface area contributed by atoms with E-state index >= 15 is 0 Å². The number of hydrogen-bond acceptors (Lipinski definition) is 4. The van der Waals surface area contributed by atoms with Gasteiger partial charge in [-0.1, -0.05) is 6.92 Å². The molecule has 1 aromatic heterocycles. The van der Waals surface area contributed by atoms with Crippen LogP contribution in [0.25, 0.3) is 0 Å². The lowest BCUT2D eigenvalue weighted by molar-refractivity contribution is 0.0936. The Kier molecular flexibility index (Phi) is 3.23. The maximum Gasteiger partial charge on any atom is 0.203 e. The third kappa shape index (κ3) is 2.12. The summed E-state index contributed by atoms with van der Waals surface area (Å²) in [5.74, 6) is 0.685. The van der Waals surface area contributed by atoms with Crippen molar-refractivity contribution in [3.63, 3.8) is 0 Å². The third-order valence-electron chi connectivity index (χ3n) is 1.36. The molecule has 0 N–H and O–H groups in total. The Morgan fingerprint density at radius 3 is 2.82 bits per heavy atom. The number of aromatic nitrogens is 2. The Morgan fingerprint density at radius 1 is 1.73 bits per heavy atom. The molecule has 1 rings (SSSR count). The lowest BCUT2D eigenvalue weighted by Gasteiger charge is -2.06. The lowest BCUT2D eigenvalue weighted by atomic mass is 10.3. The summed E-state index contributed by atoms with van der Waals surface area (Å²) >= 11 is 6.80. The van der Waals surface area contributed by atoms with E-state index in [1.807, 2.05) is 6.92 Å². The van der Waals surface area contributed by atoms with Crippen LogP contribution in [0.5, 0.6) is 0 Å². The highest BCUT2D eigenvalue weighted by molar-refractivity contribution is 7.10. The molecular weight excluding hydrogens is 184 g/mol. The van der Waals surface area contributed by atoms with Crippen LogP contribution in [-0.2, 0) is 4.74 Å². The van der Waals surface area contributed by atoms with Crippen molar-refractivity contribution in [2.45, 2.75) is 19.4 Å². The van der Waals surface area contributed by atoms with Gasteiger partial charge in [0.25, 0.3) is 0 Å². The van der Waals surface area contributed by atoms with Crippen LogP contribution in [-0.4, -0.2) is 16.5 Å². The molecule has 0 fully saturated rings. The summed E-state index contributed by atoms with van der Waals surface area (Å²) in [6, 6.07) is 0. The van der Waals surface area contributed by atoms with Crippen molar-refractivity contribution in [1.29, 1.82) is 0 Å². The summed E-state index contributed by atoms with van der Waals surface area (Å²) < 4.78 is 9.62. The first-order valence-corrected chi connectivity index (χ1v) is 4.45. The first kappa shape index (κ1) is 8.90. The van der Waals surface area contributed by atoms with Crippen LogP contribution in [0.15, 0.2) is 0 Å². The van der Waals surface area contributed by atoms with Crippen molar-refractivity contribution < 1.29 is 4.74 Å². The van der Waals surface area contributed by atoms with Crippen molar-refractivity contribution in [2.24, 2.45) is 0 Å². The molecule has 0 aliphatic heterocycles. The van der Waals surface area contributed by atoms with E-state index in [2.05, 4.69) is 9.36 Å². The Hall–Kier alpha value is -0.190. The number of halogens is 1. The molecule has 11 heavy (non-hydrogen) atoms. The van der Waals surface area contributed by atoms with Crippen molar-refractivity contribution in [1.82, 2.24) is 9.36 Å². The fourth-order valence-corrected chi connectivity index (χ4v) is 1.45. The Morgan fingerprint density at radius 2 is 2.45 bits per heavy atom. The maximum absolute atomic E-state index is 5.61. The van der Waals surface area contributed by atoms with E-state index in [1.165, 1.54) is 11.5 Å². The number of rotatable bonds is 3. The number of methoxy groups -OCH3 is 1. The monoisotopic (exact) mass is 192 g/mol. The van der Waals surface area contributed by atoms with Crippen LogP contribution < -0.4 is 0 Å². The first-order chi connectivity index (χ1) is 5.27. The second-order valence-corrected chi connectivity index (χ2v) is 3.37. The van der Waals surface area contributed by atoms with Crippen LogP contribution in [0.4, 0.5) is 0 Å². The van der Waals surface area contributed by atoms with E-state index in [-0.39, 0.29) is 6.10 Å². The molecule has 0 aromatic carbocycles. The zero-order valence-electron chi connectivity index (χ0n) is 6.37. The van der Waals surface area contributed by atoms with Gasteiger partial charge >= 0.3 is 0 Å². The molecule has 5 heteroatoms. The molecule has 1 unspecified atom stereocenters. The minimum Gasteiger partial charge on any atom is -0.373 e. The quantitative estimate of drug-likeness (QED) is 0.737. The molecule has 0 saturated heterocycles. The normalized spacial score (nSPS) is 13.4. The van der Waals surface area contributed by atoms with Crippen LogP contribution in [0, 0.1) is 0 Å². The number of ether oxygens (including phenoxy) is 1. The van der Waals surface area contributed by atoms with Crippen LogP contribution in [0.1, 0.15) is 25.3 Å². The Bertz CT molecular complexity index is 224. The molecule has 3 nitrogen and oxygen atoms in total. The topological polar surface area (TPSA) is 35.0 Å². The molecule has 0 amide bonds. The second kappa shape index (κ2) is 3.99. The average Bonchev–Trinajstić information content (AvgIpc) is 2.39. The number of hydrogen-bond donors (Lipinski definition) is 0. The summed E-state index contributed by atoms with van der Waals surface area (Å²) in [6.07, 6.45) is 0.850. The van der Waals surface area contributed by atoms with Gasteiger partial charge in [-0.05, 0) is 29.6 Å². The molecule has 0 saturated carbocycles. The van der Waals surface area contributed by atoms with Crippen LogP contribution in [0.2, 0.25) is 4.47 Å². The Labute approximate surface area is 74.5 Å². The van der Waals surface area contributed by atoms with Crippen molar-refractivity contribution >= 4 is 23.1 Å². The van der Waals surface area contributed by atoms with E-state index in [9.17, 15) is 0 Å². The zero-order chi connectivity index (χ0) is 8.27. The van der Waals surface area contributed by atoms with Gasteiger partial charge in [-0.15, -0.1) is 0 Å². The minimum absolute atomic E-state index is 0.0150. The SMILES string of the molecule is CCC(OC)c1nsc(Cl)n1. The highest BCUT2D eigenvalue weighted by Crippen LogP contribution is 2.20. The van der Waals surface area contributed by atoms with Crippen LogP contribution >= 0.6 is 23.1 Å². The fraction of sp³-hybridized carbons (Fsp3) is 0.667. The largest absolute Gasteiger partial charge is 0.373 e. The molecule has 0 aliphatic rings. The van der Waals surface area contributed by atoms with Gasteiger partial charge in [0.05, 0.1) is 0 Å². The highest BCUT2D eigenvalue weighted by Gasteiger charge is 2.12. The molecule has 1 atom stereocenters. The summed E-state index contributed by atoms with van der Waals surface area (Å²) in [5.41, 5.74) is 0. The molecular formula is C6H9ClN2OS. The van der Waals surface area contributed by atoms with E-state index in [1.54, 1.807) is 7.11 Å². The third-order valence-corrected chi connectivity index (χ3v) is 2.17. The average molecular weight is 193 g/mol. The van der Waals surface area contributed by atoms with Gasteiger partial charge in [0.15, 0.2) is 5.82 Å².